The van der Waals surface area contributed by atoms with Gasteiger partial charge in [-0.25, -0.2) is 0 Å². The standard InChI is InChI=1S/C17H23N.2C5H10.Zr/c1-14-12-18(13-15-8-4-3-5-9-15)16-10-6-7-11-17(14,16)2;2*1-2-4-5-3-1;/h3-5,8-9,14,16H,1-2,6-7,10-13H2;2*1-5H2;/q-2;;;+4/t14-,16+,17+;;;/m0.../s1. The molecule has 3 aliphatic carbocycles. The number of rotatable bonds is 2. The Morgan fingerprint density at radius 2 is 1.31 bits per heavy atom. The number of fused-ring (bicyclic) bond motifs is 1. The molecule has 158 valence electrons. The molecule has 1 aliphatic heterocycles. The summed E-state index contributed by atoms with van der Waals surface area (Å²) in [6.07, 6.45) is 20.3. The average molecular weight is 473 g/mol. The Bertz CT molecular complexity index is 512. The van der Waals surface area contributed by atoms with E-state index in [9.17, 15) is 0 Å². The minimum absolute atomic E-state index is 0. The molecule has 0 N–H and O–H groups in total. The van der Waals surface area contributed by atoms with Crippen molar-refractivity contribution in [3.05, 3.63) is 49.7 Å². The van der Waals surface area contributed by atoms with Crippen LogP contribution in [0.5, 0.6) is 0 Å². The molecule has 1 nitrogen and oxygen atoms in total. The van der Waals surface area contributed by atoms with E-state index in [2.05, 4.69) is 49.1 Å². The Kier molecular flexibility index (Phi) is 11.8. The smallest absolute Gasteiger partial charge is 0.341 e. The third kappa shape index (κ3) is 7.61. The molecule has 2 heteroatoms. The van der Waals surface area contributed by atoms with Gasteiger partial charge in [-0.1, -0.05) is 114 Å². The zero-order valence-corrected chi connectivity index (χ0v) is 21.2. The minimum Gasteiger partial charge on any atom is -0.341 e. The SMILES string of the molecule is C1CCCC1.C1CCCC1.[CH2-][C@H]1CN(Cc2ccccc2)[C@@H]2CCCC[C@]12[CH2-].[Zr+4]. The first-order chi connectivity index (χ1) is 13.7. The molecular weight excluding hydrogens is 430 g/mol. The molecule has 0 radical (unpaired) electrons. The Morgan fingerprint density at radius 1 is 0.793 bits per heavy atom. The Hall–Kier alpha value is 0.0631. The third-order valence-corrected chi connectivity index (χ3v) is 7.47. The van der Waals surface area contributed by atoms with Crippen molar-refractivity contribution in [1.29, 1.82) is 0 Å². The van der Waals surface area contributed by atoms with Crippen molar-refractivity contribution in [3.63, 3.8) is 0 Å². The summed E-state index contributed by atoms with van der Waals surface area (Å²) in [4.78, 5) is 2.62. The fourth-order valence-electron chi connectivity index (χ4n) is 5.62. The van der Waals surface area contributed by atoms with Crippen LogP contribution in [0.3, 0.4) is 0 Å². The second-order valence-electron chi connectivity index (χ2n) is 9.64. The van der Waals surface area contributed by atoms with Crippen LogP contribution < -0.4 is 0 Å². The molecular formula is C27H43NZr+2. The largest absolute Gasteiger partial charge is 4.00 e. The monoisotopic (exact) mass is 471 g/mol. The van der Waals surface area contributed by atoms with Gasteiger partial charge in [0.05, 0.1) is 0 Å². The van der Waals surface area contributed by atoms with E-state index in [-0.39, 0.29) is 31.6 Å². The van der Waals surface area contributed by atoms with Crippen LogP contribution in [0, 0.1) is 25.2 Å². The molecule has 4 aliphatic rings. The van der Waals surface area contributed by atoms with Crippen LogP contribution in [0.2, 0.25) is 0 Å². The molecule has 1 aromatic rings. The van der Waals surface area contributed by atoms with Crippen molar-refractivity contribution in [3.8, 4) is 0 Å². The number of benzene rings is 1. The molecule has 0 aromatic heterocycles. The van der Waals surface area contributed by atoms with Gasteiger partial charge in [0.15, 0.2) is 0 Å². The third-order valence-electron chi connectivity index (χ3n) is 7.47. The molecule has 1 aromatic carbocycles. The van der Waals surface area contributed by atoms with Crippen LogP contribution in [0.4, 0.5) is 0 Å². The molecule has 0 spiro atoms. The zero-order valence-electron chi connectivity index (χ0n) is 18.7. The summed E-state index contributed by atoms with van der Waals surface area (Å²) in [6.45, 7) is 11.1. The molecule has 0 bridgehead atoms. The van der Waals surface area contributed by atoms with Gasteiger partial charge in [-0.15, -0.1) is 0 Å². The van der Waals surface area contributed by atoms with Crippen LogP contribution in [0.15, 0.2) is 30.3 Å². The van der Waals surface area contributed by atoms with Gasteiger partial charge in [0.1, 0.15) is 0 Å². The maximum Gasteiger partial charge on any atom is 4.00 e. The summed E-state index contributed by atoms with van der Waals surface area (Å²) in [5, 5.41) is 0. The predicted molar refractivity (Wildman–Crippen MR) is 122 cm³/mol. The fourth-order valence-corrected chi connectivity index (χ4v) is 5.62. The summed E-state index contributed by atoms with van der Waals surface area (Å²) >= 11 is 0. The molecule has 0 amide bonds. The molecule has 1 saturated heterocycles. The van der Waals surface area contributed by atoms with Crippen molar-refractivity contribution in [2.24, 2.45) is 11.3 Å². The van der Waals surface area contributed by atoms with Gasteiger partial charge in [-0.2, -0.15) is 11.3 Å². The first-order valence-corrected chi connectivity index (χ1v) is 12.2. The van der Waals surface area contributed by atoms with E-state index >= 15 is 0 Å². The van der Waals surface area contributed by atoms with Crippen molar-refractivity contribution in [2.75, 3.05) is 6.54 Å². The van der Waals surface area contributed by atoms with Crippen LogP contribution in [0.1, 0.15) is 95.5 Å². The van der Waals surface area contributed by atoms with E-state index < -0.39 is 0 Å². The number of hydrogen-bond acceptors (Lipinski definition) is 1. The van der Waals surface area contributed by atoms with E-state index in [0.29, 0.717) is 12.0 Å². The number of nitrogens with zero attached hydrogens (tertiary/aromatic N) is 1. The Labute approximate surface area is 200 Å². The first-order valence-electron chi connectivity index (χ1n) is 12.2. The summed E-state index contributed by atoms with van der Waals surface area (Å²) in [6, 6.07) is 11.4. The Morgan fingerprint density at radius 3 is 1.83 bits per heavy atom. The maximum absolute atomic E-state index is 4.56. The molecule has 0 unspecified atom stereocenters. The van der Waals surface area contributed by atoms with Gasteiger partial charge in [0.25, 0.3) is 0 Å². The average Bonchev–Trinajstić information content (AvgIpc) is 3.49. The number of likely N-dealkylation sites (tertiary alicyclic amines) is 1. The normalized spacial score (nSPS) is 31.0. The van der Waals surface area contributed by atoms with Crippen LogP contribution >= 0.6 is 0 Å². The quantitative estimate of drug-likeness (QED) is 0.400. The van der Waals surface area contributed by atoms with Gasteiger partial charge >= 0.3 is 26.2 Å². The van der Waals surface area contributed by atoms with Gasteiger partial charge in [0.2, 0.25) is 0 Å². The van der Waals surface area contributed by atoms with Crippen LogP contribution in [-0.4, -0.2) is 17.5 Å². The second-order valence-corrected chi connectivity index (χ2v) is 9.64. The second kappa shape index (κ2) is 13.5. The van der Waals surface area contributed by atoms with Gasteiger partial charge in [-0.3, -0.25) is 0 Å². The molecule has 5 rings (SSSR count). The molecule has 1 heterocycles. The van der Waals surface area contributed by atoms with E-state index in [0.717, 1.165) is 13.1 Å². The maximum atomic E-state index is 4.56. The molecule has 4 fully saturated rings. The van der Waals surface area contributed by atoms with E-state index in [1.807, 2.05) is 0 Å². The fraction of sp³-hybridized carbons (Fsp3) is 0.704. The van der Waals surface area contributed by atoms with Gasteiger partial charge in [-0.05, 0) is 24.6 Å². The van der Waals surface area contributed by atoms with Crippen molar-refractivity contribution in [1.82, 2.24) is 4.90 Å². The van der Waals surface area contributed by atoms with Gasteiger partial charge in [0, 0.05) is 6.54 Å². The van der Waals surface area contributed by atoms with E-state index in [4.69, 9.17) is 0 Å². The van der Waals surface area contributed by atoms with E-state index in [1.54, 1.807) is 0 Å². The van der Waals surface area contributed by atoms with E-state index in [1.165, 1.54) is 95.5 Å². The number of hydrogen-bond donors (Lipinski definition) is 0. The molecule has 29 heavy (non-hydrogen) atoms. The van der Waals surface area contributed by atoms with Crippen molar-refractivity contribution < 1.29 is 26.2 Å². The van der Waals surface area contributed by atoms with Crippen LogP contribution in [0.25, 0.3) is 0 Å². The molecule has 3 saturated carbocycles. The summed E-state index contributed by atoms with van der Waals surface area (Å²) < 4.78 is 0. The topological polar surface area (TPSA) is 3.24 Å². The molecule has 3 atom stereocenters. The summed E-state index contributed by atoms with van der Waals surface area (Å²) in [5.41, 5.74) is 1.63. The predicted octanol–water partition coefficient (Wildman–Crippen LogP) is 7.61. The van der Waals surface area contributed by atoms with Crippen molar-refractivity contribution in [2.45, 2.75) is 102 Å². The van der Waals surface area contributed by atoms with Gasteiger partial charge < -0.3 is 18.7 Å². The van der Waals surface area contributed by atoms with Crippen molar-refractivity contribution >= 4 is 0 Å². The summed E-state index contributed by atoms with van der Waals surface area (Å²) in [5.74, 6) is 0.492. The summed E-state index contributed by atoms with van der Waals surface area (Å²) in [7, 11) is 0. The zero-order chi connectivity index (χ0) is 19.7. The first kappa shape index (κ1) is 25.3. The minimum atomic E-state index is 0. The Balaban J connectivity index is 0.000000223. The van der Waals surface area contributed by atoms with Crippen LogP contribution in [-0.2, 0) is 32.7 Å².